The summed E-state index contributed by atoms with van der Waals surface area (Å²) >= 11 is 5.53. The molecule has 0 saturated heterocycles. The number of hydrogen-bond acceptors (Lipinski definition) is 2. The van der Waals surface area contributed by atoms with Crippen LogP contribution in [0.15, 0.2) is 30.9 Å². The number of carbonyl (C=O) groups excluding carboxylic acids is 1. The van der Waals surface area contributed by atoms with E-state index in [0.717, 1.165) is 12.1 Å². The van der Waals surface area contributed by atoms with Gasteiger partial charge in [-0.15, -0.1) is 6.58 Å². The Morgan fingerprint density at radius 1 is 1.56 bits per heavy atom. The Labute approximate surface area is 108 Å². The summed E-state index contributed by atoms with van der Waals surface area (Å²) in [6.07, 6.45) is 1.48. The molecule has 1 aromatic rings. The van der Waals surface area contributed by atoms with Gasteiger partial charge in [0.05, 0.1) is 5.02 Å². The first-order chi connectivity index (χ1) is 8.45. The summed E-state index contributed by atoms with van der Waals surface area (Å²) in [5.74, 6) is -2.45. The molecule has 1 unspecified atom stereocenters. The van der Waals surface area contributed by atoms with E-state index in [9.17, 15) is 14.0 Å². The van der Waals surface area contributed by atoms with Gasteiger partial charge in [0.2, 0.25) is 0 Å². The number of nitrogens with one attached hydrogen (secondary N) is 1. The van der Waals surface area contributed by atoms with Crippen LogP contribution in [0.25, 0.3) is 0 Å². The number of carboxylic acids is 1. The largest absolute Gasteiger partial charge is 0.480 e. The van der Waals surface area contributed by atoms with Gasteiger partial charge in [-0.3, -0.25) is 4.79 Å². The number of benzene rings is 1. The van der Waals surface area contributed by atoms with Crippen LogP contribution < -0.4 is 5.32 Å². The molecule has 0 saturated carbocycles. The quantitative estimate of drug-likeness (QED) is 0.807. The summed E-state index contributed by atoms with van der Waals surface area (Å²) in [6, 6.07) is 2.34. The van der Waals surface area contributed by atoms with Crippen LogP contribution in [0.3, 0.4) is 0 Å². The fourth-order valence-electron chi connectivity index (χ4n) is 1.27. The molecule has 0 spiro atoms. The summed E-state index contributed by atoms with van der Waals surface area (Å²) in [5, 5.41) is 10.9. The lowest BCUT2D eigenvalue weighted by Crippen LogP contribution is -2.40. The summed E-state index contributed by atoms with van der Waals surface area (Å²) in [5.41, 5.74) is 0.0942. The Kier molecular flexibility index (Phi) is 4.85. The first-order valence-electron chi connectivity index (χ1n) is 5.05. The highest BCUT2D eigenvalue weighted by Gasteiger charge is 2.19. The number of amides is 1. The van der Waals surface area contributed by atoms with E-state index in [1.54, 1.807) is 0 Å². The van der Waals surface area contributed by atoms with Gasteiger partial charge >= 0.3 is 5.97 Å². The van der Waals surface area contributed by atoms with Crippen LogP contribution in [0.4, 0.5) is 4.39 Å². The van der Waals surface area contributed by atoms with E-state index in [1.165, 1.54) is 12.1 Å². The molecule has 0 radical (unpaired) electrons. The fourth-order valence-corrected chi connectivity index (χ4v) is 1.45. The van der Waals surface area contributed by atoms with Gasteiger partial charge in [-0.25, -0.2) is 9.18 Å². The third-order valence-electron chi connectivity index (χ3n) is 2.19. The Hall–Kier alpha value is -1.88. The maximum absolute atomic E-state index is 12.9. The van der Waals surface area contributed by atoms with Crippen molar-refractivity contribution in [2.24, 2.45) is 0 Å². The summed E-state index contributed by atoms with van der Waals surface area (Å²) in [6.45, 7) is 3.40. The van der Waals surface area contributed by atoms with Crippen molar-refractivity contribution in [3.63, 3.8) is 0 Å². The molecule has 0 aliphatic carbocycles. The smallest absolute Gasteiger partial charge is 0.326 e. The highest BCUT2D eigenvalue weighted by atomic mass is 35.5. The zero-order valence-electron chi connectivity index (χ0n) is 9.32. The van der Waals surface area contributed by atoms with Crippen molar-refractivity contribution in [3.05, 3.63) is 47.3 Å². The monoisotopic (exact) mass is 271 g/mol. The third kappa shape index (κ3) is 3.56. The van der Waals surface area contributed by atoms with Gasteiger partial charge in [-0.05, 0) is 24.6 Å². The van der Waals surface area contributed by atoms with E-state index in [4.69, 9.17) is 16.7 Å². The van der Waals surface area contributed by atoms with Gasteiger partial charge in [0, 0.05) is 5.56 Å². The topological polar surface area (TPSA) is 66.4 Å². The van der Waals surface area contributed by atoms with Gasteiger partial charge in [-0.1, -0.05) is 17.7 Å². The minimum absolute atomic E-state index is 0.0933. The summed E-state index contributed by atoms with van der Waals surface area (Å²) < 4.78 is 12.9. The standard InChI is InChI=1S/C12H11ClFNO3/c1-2-3-10(12(17)18)15-11(16)7-4-5-9(14)8(13)6-7/h2,4-6,10H,1,3H2,(H,15,16)(H,17,18). The van der Waals surface area contributed by atoms with Crippen LogP contribution in [0.5, 0.6) is 0 Å². The third-order valence-corrected chi connectivity index (χ3v) is 2.48. The molecule has 0 aliphatic rings. The SMILES string of the molecule is C=CCC(NC(=O)c1ccc(F)c(Cl)c1)C(=O)O. The number of carboxylic acid groups (broad SMARTS) is 1. The molecule has 1 atom stereocenters. The molecule has 18 heavy (non-hydrogen) atoms. The Morgan fingerprint density at radius 2 is 2.22 bits per heavy atom. The van der Waals surface area contributed by atoms with Crippen molar-refractivity contribution in [1.29, 1.82) is 0 Å². The summed E-state index contributed by atoms with van der Waals surface area (Å²) in [7, 11) is 0. The van der Waals surface area contributed by atoms with E-state index in [0.29, 0.717) is 0 Å². The molecular formula is C12H11ClFNO3. The zero-order valence-corrected chi connectivity index (χ0v) is 10.1. The van der Waals surface area contributed by atoms with Crippen LogP contribution in [-0.2, 0) is 4.79 Å². The first kappa shape index (κ1) is 14.2. The van der Waals surface area contributed by atoms with Crippen molar-refractivity contribution in [2.45, 2.75) is 12.5 Å². The minimum atomic E-state index is -1.17. The van der Waals surface area contributed by atoms with Gasteiger partial charge < -0.3 is 10.4 Å². The van der Waals surface area contributed by atoms with Crippen LogP contribution >= 0.6 is 11.6 Å². The normalized spacial score (nSPS) is 11.7. The van der Waals surface area contributed by atoms with Gasteiger partial charge in [0.15, 0.2) is 0 Å². The van der Waals surface area contributed by atoms with Crippen molar-refractivity contribution >= 4 is 23.5 Å². The first-order valence-corrected chi connectivity index (χ1v) is 5.43. The second-order valence-corrected chi connectivity index (χ2v) is 3.92. The molecule has 0 heterocycles. The Bertz CT molecular complexity index is 490. The molecule has 2 N–H and O–H groups in total. The average Bonchev–Trinajstić information content (AvgIpc) is 2.31. The van der Waals surface area contributed by atoms with E-state index in [-0.39, 0.29) is 17.0 Å². The maximum Gasteiger partial charge on any atom is 0.326 e. The highest BCUT2D eigenvalue weighted by molar-refractivity contribution is 6.31. The Balaban J connectivity index is 2.83. The second-order valence-electron chi connectivity index (χ2n) is 3.52. The van der Waals surface area contributed by atoms with E-state index >= 15 is 0 Å². The predicted molar refractivity (Wildman–Crippen MR) is 65.1 cm³/mol. The van der Waals surface area contributed by atoms with Crippen molar-refractivity contribution in [2.75, 3.05) is 0 Å². The second kappa shape index (κ2) is 6.16. The molecule has 96 valence electrons. The fraction of sp³-hybridized carbons (Fsp3) is 0.167. The van der Waals surface area contributed by atoms with Crippen molar-refractivity contribution < 1.29 is 19.1 Å². The van der Waals surface area contributed by atoms with Gasteiger partial charge in [0.1, 0.15) is 11.9 Å². The zero-order chi connectivity index (χ0) is 13.7. The lowest BCUT2D eigenvalue weighted by atomic mass is 10.1. The van der Waals surface area contributed by atoms with Crippen LogP contribution in [0, 0.1) is 5.82 Å². The average molecular weight is 272 g/mol. The lowest BCUT2D eigenvalue weighted by Gasteiger charge is -2.12. The molecular weight excluding hydrogens is 261 g/mol. The van der Waals surface area contributed by atoms with E-state index in [1.807, 2.05) is 0 Å². The van der Waals surface area contributed by atoms with Gasteiger partial charge in [0.25, 0.3) is 5.91 Å². The number of carbonyl (C=O) groups is 2. The molecule has 0 aromatic heterocycles. The molecule has 0 fully saturated rings. The summed E-state index contributed by atoms with van der Waals surface area (Å²) in [4.78, 5) is 22.5. The minimum Gasteiger partial charge on any atom is -0.480 e. The molecule has 1 aromatic carbocycles. The Morgan fingerprint density at radius 3 is 2.72 bits per heavy atom. The highest BCUT2D eigenvalue weighted by Crippen LogP contribution is 2.16. The molecule has 4 nitrogen and oxygen atoms in total. The van der Waals surface area contributed by atoms with Crippen LogP contribution in [-0.4, -0.2) is 23.0 Å². The predicted octanol–water partition coefficient (Wildman–Crippen LogP) is 2.24. The van der Waals surface area contributed by atoms with Crippen molar-refractivity contribution in [1.82, 2.24) is 5.32 Å². The number of halogens is 2. The van der Waals surface area contributed by atoms with Crippen LogP contribution in [0.2, 0.25) is 5.02 Å². The van der Waals surface area contributed by atoms with E-state index < -0.39 is 23.7 Å². The van der Waals surface area contributed by atoms with Crippen LogP contribution in [0.1, 0.15) is 16.8 Å². The van der Waals surface area contributed by atoms with Crippen molar-refractivity contribution in [3.8, 4) is 0 Å². The number of aliphatic carboxylic acids is 1. The number of rotatable bonds is 5. The van der Waals surface area contributed by atoms with E-state index in [2.05, 4.69) is 11.9 Å². The molecule has 6 heteroatoms. The maximum atomic E-state index is 12.9. The number of hydrogen-bond donors (Lipinski definition) is 2. The molecule has 1 rings (SSSR count). The molecule has 0 aliphatic heterocycles. The molecule has 0 bridgehead atoms. The lowest BCUT2D eigenvalue weighted by molar-refractivity contribution is -0.139. The molecule has 1 amide bonds. The van der Waals surface area contributed by atoms with Gasteiger partial charge in [-0.2, -0.15) is 0 Å².